The molecule has 0 radical (unpaired) electrons. The van der Waals surface area contributed by atoms with Crippen LogP contribution >= 0.6 is 11.3 Å². The quantitative estimate of drug-likeness (QED) is 0.830. The zero-order valence-electron chi connectivity index (χ0n) is 10.1. The molecule has 0 aliphatic carbocycles. The fourth-order valence-electron chi connectivity index (χ4n) is 1.61. The number of hydrogen-bond acceptors (Lipinski definition) is 6. The van der Waals surface area contributed by atoms with E-state index in [4.69, 9.17) is 9.47 Å². The second kappa shape index (κ2) is 4.69. The highest BCUT2D eigenvalue weighted by Gasteiger charge is 2.17. The van der Waals surface area contributed by atoms with Crippen molar-refractivity contribution in [2.45, 2.75) is 0 Å². The Hall–Kier alpha value is -2.02. The normalized spacial score (nSPS) is 10.4. The van der Waals surface area contributed by atoms with Gasteiger partial charge in [-0.2, -0.15) is 0 Å². The van der Waals surface area contributed by atoms with Crippen LogP contribution in [0, 0.1) is 0 Å². The number of benzene rings is 1. The summed E-state index contributed by atoms with van der Waals surface area (Å²) in [6.07, 6.45) is -0.724. The van der Waals surface area contributed by atoms with Gasteiger partial charge in [-0.3, -0.25) is 4.79 Å². The van der Waals surface area contributed by atoms with E-state index >= 15 is 0 Å². The smallest absolute Gasteiger partial charge is 0.421 e. The molecule has 2 rings (SSSR count). The predicted molar refractivity (Wildman–Crippen MR) is 67.0 cm³/mol. The number of nitrogens with zero attached hydrogens (tertiary/aromatic N) is 1. The number of methoxy groups -OCH3 is 3. The summed E-state index contributed by atoms with van der Waals surface area (Å²) in [6.45, 7) is 0. The van der Waals surface area contributed by atoms with Gasteiger partial charge in [0.15, 0.2) is 11.5 Å². The second-order valence-electron chi connectivity index (χ2n) is 3.35. The molecule has 6 nitrogen and oxygen atoms in total. The van der Waals surface area contributed by atoms with Crippen molar-refractivity contribution in [1.29, 1.82) is 0 Å². The van der Waals surface area contributed by atoms with Crippen LogP contribution in [0.5, 0.6) is 11.5 Å². The SMILES string of the molecule is COC(=O)n1c(=O)sc2cc(OC)c(OC)cc21. The Morgan fingerprint density at radius 1 is 1.17 bits per heavy atom. The van der Waals surface area contributed by atoms with E-state index in [0.29, 0.717) is 21.7 Å². The van der Waals surface area contributed by atoms with Crippen molar-refractivity contribution >= 4 is 27.6 Å². The van der Waals surface area contributed by atoms with Gasteiger partial charge in [-0.05, 0) is 0 Å². The maximum atomic E-state index is 11.7. The molecule has 1 aromatic carbocycles. The van der Waals surface area contributed by atoms with Gasteiger partial charge in [-0.25, -0.2) is 9.36 Å². The van der Waals surface area contributed by atoms with Crippen LogP contribution in [0.3, 0.4) is 0 Å². The van der Waals surface area contributed by atoms with Gasteiger partial charge in [-0.1, -0.05) is 11.3 Å². The molecule has 96 valence electrons. The Labute approximate surface area is 106 Å². The number of fused-ring (bicyclic) bond motifs is 1. The molecule has 0 saturated heterocycles. The molecule has 0 aliphatic heterocycles. The monoisotopic (exact) mass is 269 g/mol. The lowest BCUT2D eigenvalue weighted by Gasteiger charge is -2.07. The molecular formula is C11H11NO5S. The van der Waals surface area contributed by atoms with Crippen molar-refractivity contribution in [1.82, 2.24) is 4.57 Å². The number of hydrogen-bond donors (Lipinski definition) is 0. The molecule has 1 aromatic heterocycles. The van der Waals surface area contributed by atoms with Crippen molar-refractivity contribution in [3.05, 3.63) is 21.8 Å². The van der Waals surface area contributed by atoms with Gasteiger partial charge in [0.1, 0.15) is 0 Å². The van der Waals surface area contributed by atoms with Crippen LogP contribution in [-0.2, 0) is 4.74 Å². The maximum absolute atomic E-state index is 11.7. The highest BCUT2D eigenvalue weighted by molar-refractivity contribution is 7.16. The van der Waals surface area contributed by atoms with E-state index in [2.05, 4.69) is 4.74 Å². The summed E-state index contributed by atoms with van der Waals surface area (Å²) in [7, 11) is 4.21. The van der Waals surface area contributed by atoms with E-state index in [1.54, 1.807) is 12.1 Å². The molecule has 18 heavy (non-hydrogen) atoms. The number of carbonyl (C=O) groups excluding carboxylic acids is 1. The lowest BCUT2D eigenvalue weighted by Crippen LogP contribution is -2.21. The third kappa shape index (κ3) is 1.82. The number of thiazole rings is 1. The van der Waals surface area contributed by atoms with Crippen molar-refractivity contribution in [2.24, 2.45) is 0 Å². The van der Waals surface area contributed by atoms with Crippen molar-refractivity contribution in [3.63, 3.8) is 0 Å². The number of rotatable bonds is 2. The molecule has 0 aliphatic rings. The average Bonchev–Trinajstić information content (AvgIpc) is 2.71. The fourth-order valence-corrected chi connectivity index (χ4v) is 2.48. The van der Waals surface area contributed by atoms with E-state index in [1.807, 2.05) is 0 Å². The summed E-state index contributed by atoms with van der Waals surface area (Å²) < 4.78 is 16.4. The van der Waals surface area contributed by atoms with Crippen molar-refractivity contribution < 1.29 is 19.0 Å². The summed E-state index contributed by atoms with van der Waals surface area (Å²) >= 11 is 0.942. The molecule has 0 saturated carbocycles. The molecule has 0 N–H and O–H groups in total. The maximum Gasteiger partial charge on any atom is 0.421 e. The molecule has 0 bridgehead atoms. The minimum Gasteiger partial charge on any atom is -0.493 e. The molecule has 0 amide bonds. The van der Waals surface area contributed by atoms with E-state index in [0.717, 1.165) is 15.9 Å². The average molecular weight is 269 g/mol. The van der Waals surface area contributed by atoms with Crippen LogP contribution < -0.4 is 14.3 Å². The van der Waals surface area contributed by atoms with Gasteiger partial charge in [0.25, 0.3) is 0 Å². The first-order valence-electron chi connectivity index (χ1n) is 4.98. The minimum absolute atomic E-state index is 0.410. The standard InChI is InChI=1S/C11H11NO5S/c1-15-7-4-6-9(5-8(7)16-2)18-11(14)12(6)10(13)17-3/h4-5H,1-3H3. The van der Waals surface area contributed by atoms with Crippen LogP contribution in [0.25, 0.3) is 10.2 Å². The molecule has 7 heteroatoms. The van der Waals surface area contributed by atoms with Crippen LogP contribution in [0.15, 0.2) is 16.9 Å². The van der Waals surface area contributed by atoms with Crippen molar-refractivity contribution in [3.8, 4) is 11.5 Å². The highest BCUT2D eigenvalue weighted by atomic mass is 32.1. The Bertz CT molecular complexity index is 657. The zero-order chi connectivity index (χ0) is 13.3. The van der Waals surface area contributed by atoms with Gasteiger partial charge >= 0.3 is 11.0 Å². The largest absolute Gasteiger partial charge is 0.493 e. The van der Waals surface area contributed by atoms with Crippen molar-refractivity contribution in [2.75, 3.05) is 21.3 Å². The molecular weight excluding hydrogens is 258 g/mol. The van der Waals surface area contributed by atoms with Gasteiger partial charge < -0.3 is 14.2 Å². The lowest BCUT2D eigenvalue weighted by atomic mass is 10.3. The number of aromatic nitrogens is 1. The number of carbonyl (C=O) groups is 1. The molecule has 0 atom stereocenters. The molecule has 0 spiro atoms. The summed E-state index contributed by atoms with van der Waals surface area (Å²) in [5, 5.41) is 0. The van der Waals surface area contributed by atoms with E-state index < -0.39 is 11.0 Å². The third-order valence-corrected chi connectivity index (χ3v) is 3.35. The summed E-state index contributed by atoms with van der Waals surface area (Å²) in [6, 6.07) is 3.22. The third-order valence-electron chi connectivity index (χ3n) is 2.44. The predicted octanol–water partition coefficient (Wildman–Crippen LogP) is 1.69. The number of ether oxygens (including phenoxy) is 3. The topological polar surface area (TPSA) is 66.8 Å². The van der Waals surface area contributed by atoms with Crippen LogP contribution in [0.2, 0.25) is 0 Å². The first-order valence-corrected chi connectivity index (χ1v) is 5.80. The van der Waals surface area contributed by atoms with Gasteiger partial charge in [0, 0.05) is 12.1 Å². The van der Waals surface area contributed by atoms with E-state index in [1.165, 1.54) is 21.3 Å². The molecule has 0 unspecified atom stereocenters. The molecule has 0 fully saturated rings. The molecule has 1 heterocycles. The van der Waals surface area contributed by atoms with E-state index in [9.17, 15) is 9.59 Å². The Kier molecular flexibility index (Phi) is 3.24. The Morgan fingerprint density at radius 3 is 2.33 bits per heavy atom. The van der Waals surface area contributed by atoms with Crippen LogP contribution in [0.4, 0.5) is 4.79 Å². The van der Waals surface area contributed by atoms with Crippen LogP contribution in [0.1, 0.15) is 0 Å². The minimum atomic E-state index is -0.724. The zero-order valence-corrected chi connectivity index (χ0v) is 10.9. The Balaban J connectivity index is 2.78. The van der Waals surface area contributed by atoms with Gasteiger partial charge in [-0.15, -0.1) is 0 Å². The second-order valence-corrected chi connectivity index (χ2v) is 4.34. The fraction of sp³-hybridized carbons (Fsp3) is 0.273. The first kappa shape index (κ1) is 12.4. The summed E-state index contributed by atoms with van der Waals surface area (Å²) in [5.74, 6) is 0.948. The summed E-state index contributed by atoms with van der Waals surface area (Å²) in [5.41, 5.74) is 0.439. The van der Waals surface area contributed by atoms with Gasteiger partial charge in [0.05, 0.1) is 31.5 Å². The Morgan fingerprint density at radius 2 is 1.78 bits per heavy atom. The molecule has 2 aromatic rings. The highest BCUT2D eigenvalue weighted by Crippen LogP contribution is 2.33. The van der Waals surface area contributed by atoms with Crippen LogP contribution in [-0.4, -0.2) is 32.0 Å². The van der Waals surface area contributed by atoms with Gasteiger partial charge in [0.2, 0.25) is 0 Å². The lowest BCUT2D eigenvalue weighted by molar-refractivity contribution is 0.173. The first-order chi connectivity index (χ1) is 8.62. The van der Waals surface area contributed by atoms with E-state index in [-0.39, 0.29) is 0 Å². The summed E-state index contributed by atoms with van der Waals surface area (Å²) in [4.78, 5) is 22.9.